The van der Waals surface area contributed by atoms with E-state index in [0.29, 0.717) is 13.1 Å². The molecule has 1 aliphatic rings. The van der Waals surface area contributed by atoms with Crippen LogP contribution in [-0.2, 0) is 4.79 Å². The summed E-state index contributed by atoms with van der Waals surface area (Å²) < 4.78 is 14.2. The molecular weight excluding hydrogens is 275 g/mol. The van der Waals surface area contributed by atoms with Crippen LogP contribution < -0.4 is 5.32 Å². The lowest BCUT2D eigenvalue weighted by atomic mass is 9.96. The van der Waals surface area contributed by atoms with Crippen molar-refractivity contribution in [1.29, 1.82) is 0 Å². The Balaban J connectivity index is 2.38. The molecular formula is C14H19FN4O2. The highest BCUT2D eigenvalue weighted by Crippen LogP contribution is 2.25. The zero-order valence-corrected chi connectivity index (χ0v) is 12.6. The molecule has 0 bridgehead atoms. The monoisotopic (exact) mass is 294 g/mol. The van der Waals surface area contributed by atoms with Crippen LogP contribution in [-0.4, -0.2) is 59.3 Å². The van der Waals surface area contributed by atoms with Gasteiger partial charge in [-0.15, -0.1) is 0 Å². The third-order valence-electron chi connectivity index (χ3n) is 3.81. The highest BCUT2D eigenvalue weighted by molar-refractivity contribution is 6.00. The van der Waals surface area contributed by atoms with Gasteiger partial charge in [0, 0.05) is 33.4 Å². The maximum absolute atomic E-state index is 14.2. The van der Waals surface area contributed by atoms with Gasteiger partial charge in [0.2, 0.25) is 5.91 Å². The minimum Gasteiger partial charge on any atom is -0.371 e. The Morgan fingerprint density at radius 1 is 1.43 bits per heavy atom. The predicted molar refractivity (Wildman–Crippen MR) is 76.5 cm³/mol. The molecule has 7 heteroatoms. The van der Waals surface area contributed by atoms with Crippen LogP contribution in [0.2, 0.25) is 0 Å². The Morgan fingerprint density at radius 3 is 2.71 bits per heavy atom. The van der Waals surface area contributed by atoms with E-state index in [9.17, 15) is 14.0 Å². The van der Waals surface area contributed by atoms with E-state index in [1.54, 1.807) is 25.8 Å². The van der Waals surface area contributed by atoms with E-state index >= 15 is 0 Å². The number of aromatic nitrogens is 1. The lowest BCUT2D eigenvalue weighted by Gasteiger charge is -2.44. The molecule has 1 N–H and O–H groups in total. The minimum absolute atomic E-state index is 0.0131. The summed E-state index contributed by atoms with van der Waals surface area (Å²) in [5.74, 6) is -1.35. The molecule has 0 atom stereocenters. The molecule has 0 unspecified atom stereocenters. The van der Waals surface area contributed by atoms with Crippen molar-refractivity contribution in [2.45, 2.75) is 19.4 Å². The van der Waals surface area contributed by atoms with Crippen LogP contribution in [0.25, 0.3) is 0 Å². The molecule has 1 fully saturated rings. The standard InChI is InChI=1S/C14H19FN4O2/c1-14(2)13(21)18(4)7-8-19(14)12(20)9-5-6-17-11(16-3)10(9)15/h5-6H,7-8H2,1-4H3,(H,16,17). The van der Waals surface area contributed by atoms with Crippen molar-refractivity contribution in [1.82, 2.24) is 14.8 Å². The van der Waals surface area contributed by atoms with Crippen molar-refractivity contribution in [3.05, 3.63) is 23.6 Å². The highest BCUT2D eigenvalue weighted by Gasteiger charge is 2.43. The van der Waals surface area contributed by atoms with E-state index in [1.807, 2.05) is 0 Å². The zero-order valence-electron chi connectivity index (χ0n) is 12.6. The number of hydrogen-bond acceptors (Lipinski definition) is 4. The summed E-state index contributed by atoms with van der Waals surface area (Å²) in [6.45, 7) is 4.13. The van der Waals surface area contributed by atoms with E-state index in [0.717, 1.165) is 0 Å². The molecule has 1 aromatic heterocycles. The third-order valence-corrected chi connectivity index (χ3v) is 3.81. The van der Waals surface area contributed by atoms with Crippen molar-refractivity contribution in [2.24, 2.45) is 0 Å². The SMILES string of the molecule is CNc1nccc(C(=O)N2CCN(C)C(=O)C2(C)C)c1F. The smallest absolute Gasteiger partial charge is 0.257 e. The number of carbonyl (C=O) groups excluding carboxylic acids is 2. The number of halogens is 1. The molecule has 2 amide bonds. The maximum atomic E-state index is 14.2. The minimum atomic E-state index is -1.00. The van der Waals surface area contributed by atoms with Gasteiger partial charge in [0.05, 0.1) is 5.56 Å². The largest absolute Gasteiger partial charge is 0.371 e. The van der Waals surface area contributed by atoms with E-state index in [1.165, 1.54) is 24.2 Å². The number of hydrogen-bond donors (Lipinski definition) is 1. The molecule has 21 heavy (non-hydrogen) atoms. The Labute approximate surface area is 122 Å². The average molecular weight is 294 g/mol. The summed E-state index contributed by atoms with van der Waals surface area (Å²) in [7, 11) is 3.22. The Morgan fingerprint density at radius 2 is 2.10 bits per heavy atom. The van der Waals surface area contributed by atoms with Crippen LogP contribution in [0, 0.1) is 5.82 Å². The fraction of sp³-hybridized carbons (Fsp3) is 0.500. The van der Waals surface area contributed by atoms with Crippen LogP contribution in [0.3, 0.4) is 0 Å². The summed E-state index contributed by atoms with van der Waals surface area (Å²) in [6.07, 6.45) is 1.37. The average Bonchev–Trinajstić information content (AvgIpc) is 2.44. The summed E-state index contributed by atoms with van der Waals surface area (Å²) >= 11 is 0. The third kappa shape index (κ3) is 2.43. The number of amides is 2. The molecule has 1 saturated heterocycles. The number of nitrogens with one attached hydrogen (secondary N) is 1. The number of nitrogens with zero attached hydrogens (tertiary/aromatic N) is 3. The van der Waals surface area contributed by atoms with Crippen LogP contribution >= 0.6 is 0 Å². The Bertz CT molecular complexity index is 588. The Kier molecular flexibility index (Phi) is 3.85. The molecule has 2 heterocycles. The van der Waals surface area contributed by atoms with Crippen LogP contribution in [0.1, 0.15) is 24.2 Å². The van der Waals surface area contributed by atoms with E-state index in [2.05, 4.69) is 10.3 Å². The van der Waals surface area contributed by atoms with Gasteiger partial charge in [-0.1, -0.05) is 0 Å². The maximum Gasteiger partial charge on any atom is 0.257 e. The molecule has 0 radical (unpaired) electrons. The van der Waals surface area contributed by atoms with Crippen LogP contribution in [0.5, 0.6) is 0 Å². The molecule has 1 aliphatic heterocycles. The molecule has 0 aliphatic carbocycles. The Hall–Kier alpha value is -2.18. The highest BCUT2D eigenvalue weighted by atomic mass is 19.1. The predicted octanol–water partition coefficient (Wildman–Crippen LogP) is 0.955. The molecule has 0 saturated carbocycles. The molecule has 0 spiro atoms. The molecule has 114 valence electrons. The number of pyridine rings is 1. The number of carbonyl (C=O) groups is 2. The van der Waals surface area contributed by atoms with Gasteiger partial charge in [0.1, 0.15) is 5.54 Å². The number of piperazine rings is 1. The van der Waals surface area contributed by atoms with E-state index in [-0.39, 0.29) is 17.3 Å². The molecule has 1 aromatic rings. The number of anilines is 1. The summed E-state index contributed by atoms with van der Waals surface area (Å²) in [5, 5.41) is 2.60. The summed E-state index contributed by atoms with van der Waals surface area (Å²) in [6, 6.07) is 1.33. The van der Waals surface area contributed by atoms with Gasteiger partial charge in [-0.05, 0) is 19.9 Å². The van der Waals surface area contributed by atoms with E-state index in [4.69, 9.17) is 0 Å². The first-order chi connectivity index (χ1) is 9.80. The second-order valence-electron chi connectivity index (χ2n) is 5.51. The second-order valence-corrected chi connectivity index (χ2v) is 5.51. The lowest BCUT2D eigenvalue weighted by molar-refractivity contribution is -0.144. The molecule has 0 aromatic carbocycles. The first-order valence-corrected chi connectivity index (χ1v) is 6.70. The second kappa shape index (κ2) is 5.31. The topological polar surface area (TPSA) is 65.5 Å². The lowest BCUT2D eigenvalue weighted by Crippen LogP contribution is -2.63. The number of rotatable bonds is 2. The van der Waals surface area contributed by atoms with Crippen LogP contribution in [0.15, 0.2) is 12.3 Å². The van der Waals surface area contributed by atoms with Crippen molar-refractivity contribution < 1.29 is 14.0 Å². The van der Waals surface area contributed by atoms with E-state index < -0.39 is 17.3 Å². The summed E-state index contributed by atoms with van der Waals surface area (Å²) in [5.41, 5.74) is -1.08. The van der Waals surface area contributed by atoms with Crippen molar-refractivity contribution >= 4 is 17.6 Å². The molecule has 6 nitrogen and oxygen atoms in total. The van der Waals surface area contributed by atoms with Gasteiger partial charge >= 0.3 is 0 Å². The van der Waals surface area contributed by atoms with Gasteiger partial charge in [-0.3, -0.25) is 9.59 Å². The number of likely N-dealkylation sites (N-methyl/N-ethyl adjacent to an activating group) is 1. The van der Waals surface area contributed by atoms with Crippen molar-refractivity contribution in [3.63, 3.8) is 0 Å². The fourth-order valence-corrected chi connectivity index (χ4v) is 2.50. The molecule has 2 rings (SSSR count). The van der Waals surface area contributed by atoms with Gasteiger partial charge in [-0.25, -0.2) is 9.37 Å². The van der Waals surface area contributed by atoms with Gasteiger partial charge < -0.3 is 15.1 Å². The zero-order chi connectivity index (χ0) is 15.8. The van der Waals surface area contributed by atoms with Crippen molar-refractivity contribution in [2.75, 3.05) is 32.5 Å². The van der Waals surface area contributed by atoms with Gasteiger partial charge in [-0.2, -0.15) is 0 Å². The van der Waals surface area contributed by atoms with Gasteiger partial charge in [0.15, 0.2) is 11.6 Å². The normalized spacial score (nSPS) is 17.9. The summed E-state index contributed by atoms with van der Waals surface area (Å²) in [4.78, 5) is 31.6. The van der Waals surface area contributed by atoms with Crippen molar-refractivity contribution in [3.8, 4) is 0 Å². The van der Waals surface area contributed by atoms with Gasteiger partial charge in [0.25, 0.3) is 5.91 Å². The fourth-order valence-electron chi connectivity index (χ4n) is 2.50. The quantitative estimate of drug-likeness (QED) is 0.882. The first-order valence-electron chi connectivity index (χ1n) is 6.70. The van der Waals surface area contributed by atoms with Crippen LogP contribution in [0.4, 0.5) is 10.2 Å². The first kappa shape index (κ1) is 15.2.